The van der Waals surface area contributed by atoms with E-state index >= 15 is 0 Å². The van der Waals surface area contributed by atoms with Crippen LogP contribution in [0.5, 0.6) is 0 Å². The molecular weight excluding hydrogens is 626 g/mol. The van der Waals surface area contributed by atoms with Gasteiger partial charge in [-0.25, -0.2) is 36.8 Å². The summed E-state index contributed by atoms with van der Waals surface area (Å²) in [5, 5.41) is 22.4. The van der Waals surface area contributed by atoms with Crippen molar-refractivity contribution in [2.45, 2.75) is 43.1 Å². The van der Waals surface area contributed by atoms with Gasteiger partial charge in [0.25, 0.3) is 0 Å². The van der Waals surface area contributed by atoms with Gasteiger partial charge in [-0.05, 0) is 68.0 Å². The Morgan fingerprint density at radius 3 is 2.64 bits per heavy atom. The van der Waals surface area contributed by atoms with Gasteiger partial charge in [0.15, 0.2) is 11.3 Å². The van der Waals surface area contributed by atoms with Crippen LogP contribution in [0.2, 0.25) is 0 Å². The lowest BCUT2D eigenvalue weighted by Crippen LogP contribution is -2.48. The fourth-order valence-corrected chi connectivity index (χ4v) is 6.29. The number of sulfonamides is 1. The molecule has 1 aliphatic carbocycles. The van der Waals surface area contributed by atoms with Crippen molar-refractivity contribution in [1.82, 2.24) is 14.8 Å². The van der Waals surface area contributed by atoms with E-state index < -0.39 is 38.1 Å². The monoisotopic (exact) mass is 654 g/mol. The number of aromatic nitrogens is 3. The van der Waals surface area contributed by atoms with Gasteiger partial charge < -0.3 is 14.6 Å². The Kier molecular flexibility index (Phi) is 8.31. The molecule has 234 valence electrons. The lowest BCUT2D eigenvalue weighted by Gasteiger charge is -2.30. The highest BCUT2D eigenvalue weighted by molar-refractivity contribution is 7.89. The molecule has 0 atom stereocenters. The summed E-state index contributed by atoms with van der Waals surface area (Å²) < 4.78 is 65.2. The summed E-state index contributed by atoms with van der Waals surface area (Å²) in [4.78, 5) is 16.3. The van der Waals surface area contributed by atoms with Crippen molar-refractivity contribution >= 4 is 27.3 Å². The number of ether oxygens (including phenoxy) is 2. The lowest BCUT2D eigenvalue weighted by molar-refractivity contribution is -0.140. The molecule has 0 amide bonds. The Morgan fingerprint density at radius 1 is 1.22 bits per heavy atom. The van der Waals surface area contributed by atoms with Crippen molar-refractivity contribution < 1.29 is 36.6 Å². The van der Waals surface area contributed by atoms with Crippen LogP contribution in [0.25, 0.3) is 16.4 Å². The van der Waals surface area contributed by atoms with E-state index in [1.54, 1.807) is 23.1 Å². The minimum absolute atomic E-state index is 0.0306. The fraction of sp³-hybridized carbons (Fsp3) is 0.323. The van der Waals surface area contributed by atoms with E-state index in [0.29, 0.717) is 39.9 Å². The first-order valence-corrected chi connectivity index (χ1v) is 16.5. The molecule has 0 spiro atoms. The minimum Gasteiger partial charge on any atom is -0.461 e. The average molecular weight is 655 g/mol. The van der Waals surface area contributed by atoms with Crippen molar-refractivity contribution in [3.05, 3.63) is 81.5 Å². The maximum absolute atomic E-state index is 14.9. The van der Waals surface area contributed by atoms with E-state index in [-0.39, 0.29) is 37.5 Å². The first-order chi connectivity index (χ1) is 21.4. The van der Waals surface area contributed by atoms with E-state index in [1.807, 2.05) is 0 Å². The van der Waals surface area contributed by atoms with Gasteiger partial charge >= 0.3 is 5.97 Å². The molecule has 3 N–H and O–H groups in total. The third-order valence-corrected chi connectivity index (χ3v) is 9.22. The summed E-state index contributed by atoms with van der Waals surface area (Å²) in [6.07, 6.45) is 2.76. The van der Waals surface area contributed by atoms with Crippen molar-refractivity contribution in [1.29, 1.82) is 0 Å². The number of esters is 1. The average Bonchev–Trinajstić information content (AvgIpc) is 3.54. The molecule has 2 aliphatic rings. The third kappa shape index (κ3) is 6.68. The zero-order chi connectivity index (χ0) is 31.9. The van der Waals surface area contributed by atoms with Crippen LogP contribution in [0.15, 0.2) is 46.7 Å². The van der Waals surface area contributed by atoms with Crippen molar-refractivity contribution in [3.63, 3.8) is 0 Å². The standard InChI is InChI=1S/C31H28F2N4O6S2/c1-2-43-29(38)25-15-44-30(35-25)37-26(13-18-3-4-18)22(11-19-5-8-27(24(33)12-19)45(34,40)41)28(36-37)21-6-7-23(32)20(14-21)9-10-31(39)16-42-17-31/h5-8,12,14-15,18,39H,2-4,11,13,16-17H2,1H3,(H2,34,40,41). The van der Waals surface area contributed by atoms with Crippen LogP contribution >= 0.6 is 11.3 Å². The van der Waals surface area contributed by atoms with E-state index in [0.717, 1.165) is 30.7 Å². The van der Waals surface area contributed by atoms with Crippen LogP contribution in [0, 0.1) is 29.4 Å². The number of nitrogens with two attached hydrogens (primary N) is 1. The molecule has 14 heteroatoms. The van der Waals surface area contributed by atoms with Crippen LogP contribution in [-0.4, -0.2) is 59.7 Å². The van der Waals surface area contributed by atoms with E-state index in [9.17, 15) is 27.1 Å². The van der Waals surface area contributed by atoms with Crippen LogP contribution in [-0.2, 0) is 32.3 Å². The highest BCUT2D eigenvalue weighted by Crippen LogP contribution is 2.38. The molecule has 0 unspecified atom stereocenters. The number of carbonyl (C=O) groups excluding carboxylic acids is 1. The normalized spacial score (nSPS) is 15.7. The predicted molar refractivity (Wildman–Crippen MR) is 160 cm³/mol. The predicted octanol–water partition coefficient (Wildman–Crippen LogP) is 3.75. The highest BCUT2D eigenvalue weighted by atomic mass is 32.2. The molecule has 1 saturated carbocycles. The SMILES string of the molecule is CCOC(=O)c1csc(-n2nc(-c3ccc(F)c(C#CC4(O)COC4)c3)c(Cc3ccc(S(N)(=O)=O)c(F)c3)c2CC2CC2)n1. The summed E-state index contributed by atoms with van der Waals surface area (Å²) in [5.74, 6) is 3.62. The molecule has 4 aromatic rings. The number of carbonyl (C=O) groups is 1. The molecule has 6 rings (SSSR count). The smallest absolute Gasteiger partial charge is 0.357 e. The van der Waals surface area contributed by atoms with Crippen molar-refractivity contribution in [3.8, 4) is 28.2 Å². The quantitative estimate of drug-likeness (QED) is 0.205. The van der Waals surface area contributed by atoms with Gasteiger partial charge in [-0.15, -0.1) is 11.3 Å². The van der Waals surface area contributed by atoms with Gasteiger partial charge in [-0.3, -0.25) is 0 Å². The van der Waals surface area contributed by atoms with Gasteiger partial charge in [0, 0.05) is 22.9 Å². The molecule has 2 aromatic heterocycles. The number of rotatable bonds is 9. The van der Waals surface area contributed by atoms with Gasteiger partial charge in [0.05, 0.1) is 36.8 Å². The summed E-state index contributed by atoms with van der Waals surface area (Å²) in [7, 11) is -4.26. The molecular formula is C31H28F2N4O6S2. The Labute approximate surface area is 261 Å². The first kappa shape index (κ1) is 31.0. The van der Waals surface area contributed by atoms with Gasteiger partial charge in [0.2, 0.25) is 15.2 Å². The molecule has 0 radical (unpaired) electrons. The van der Waals surface area contributed by atoms with E-state index in [1.165, 1.54) is 29.5 Å². The second kappa shape index (κ2) is 12.1. The summed E-state index contributed by atoms with van der Waals surface area (Å²) in [6.45, 7) is 1.95. The zero-order valence-corrected chi connectivity index (χ0v) is 25.7. The van der Waals surface area contributed by atoms with Gasteiger partial charge in [-0.2, -0.15) is 5.10 Å². The highest BCUT2D eigenvalue weighted by Gasteiger charge is 2.34. The van der Waals surface area contributed by atoms with Crippen LogP contribution in [0.4, 0.5) is 8.78 Å². The van der Waals surface area contributed by atoms with Crippen molar-refractivity contribution in [2.24, 2.45) is 11.1 Å². The number of benzene rings is 2. The van der Waals surface area contributed by atoms with Crippen LogP contribution in [0.1, 0.15) is 52.6 Å². The first-order valence-electron chi connectivity index (χ1n) is 14.1. The number of nitrogens with zero attached hydrogens (tertiary/aromatic N) is 3. The van der Waals surface area contributed by atoms with Crippen molar-refractivity contribution in [2.75, 3.05) is 19.8 Å². The molecule has 0 bridgehead atoms. The zero-order valence-electron chi connectivity index (χ0n) is 24.0. The van der Waals surface area contributed by atoms with E-state index in [2.05, 4.69) is 16.8 Å². The number of halogens is 2. The maximum Gasteiger partial charge on any atom is 0.357 e. The molecule has 1 aliphatic heterocycles. The Bertz CT molecular complexity index is 1970. The second-order valence-corrected chi connectivity index (χ2v) is 13.4. The number of aliphatic hydroxyl groups is 1. The molecule has 45 heavy (non-hydrogen) atoms. The molecule has 2 fully saturated rings. The maximum atomic E-state index is 14.9. The molecule has 10 nitrogen and oxygen atoms in total. The van der Waals surface area contributed by atoms with Crippen LogP contribution in [0.3, 0.4) is 0 Å². The number of thiazole rings is 1. The fourth-order valence-electron chi connectivity index (χ4n) is 4.94. The number of hydrogen-bond acceptors (Lipinski definition) is 9. The Hall–Kier alpha value is -4.00. The minimum atomic E-state index is -4.26. The Balaban J connectivity index is 1.50. The summed E-state index contributed by atoms with van der Waals surface area (Å²) in [5.41, 5.74) is 1.69. The second-order valence-electron chi connectivity index (χ2n) is 11.0. The molecule has 2 aromatic carbocycles. The Morgan fingerprint density at radius 2 is 2.00 bits per heavy atom. The van der Waals surface area contributed by atoms with Crippen LogP contribution < -0.4 is 5.14 Å². The van der Waals surface area contributed by atoms with Gasteiger partial charge in [0.1, 0.15) is 16.5 Å². The summed E-state index contributed by atoms with van der Waals surface area (Å²) in [6, 6.07) is 8.06. The molecule has 1 saturated heterocycles. The third-order valence-electron chi connectivity index (χ3n) is 7.46. The number of primary sulfonamides is 1. The number of hydrogen-bond donors (Lipinski definition) is 2. The molecule has 3 heterocycles. The summed E-state index contributed by atoms with van der Waals surface area (Å²) >= 11 is 1.20. The lowest BCUT2D eigenvalue weighted by atomic mass is 9.96. The largest absolute Gasteiger partial charge is 0.461 e. The topological polar surface area (TPSA) is 147 Å². The van der Waals surface area contributed by atoms with Gasteiger partial charge in [-0.1, -0.05) is 17.9 Å². The van der Waals surface area contributed by atoms with E-state index in [4.69, 9.17) is 19.7 Å².